The smallest absolute Gasteiger partial charge is 0.209 e. The summed E-state index contributed by atoms with van der Waals surface area (Å²) in [5.74, 6) is 0.0712. The number of carbonyl (C=O) groups excluding carboxylic acids is 2. The van der Waals surface area contributed by atoms with Crippen LogP contribution >= 0.6 is 0 Å². The van der Waals surface area contributed by atoms with Crippen LogP contribution in [0.15, 0.2) is 24.3 Å². The van der Waals surface area contributed by atoms with Crippen molar-refractivity contribution in [3.05, 3.63) is 29.8 Å². The topological polar surface area (TPSA) is 66.6 Å². The molecule has 1 amide bonds. The zero-order chi connectivity index (χ0) is 13.0. The van der Waals surface area contributed by atoms with Crippen LogP contribution in [0, 0.1) is 0 Å². The van der Waals surface area contributed by atoms with Gasteiger partial charge in [0.2, 0.25) is 6.41 Å². The van der Waals surface area contributed by atoms with E-state index in [1.165, 1.54) is 0 Å². The largest absolute Gasteiger partial charge is 0.399 e. The lowest BCUT2D eigenvalue weighted by atomic mass is 10.1. The molecule has 96 valence electrons. The fraction of sp³-hybridized carbons (Fsp3) is 0.385. The molecule has 0 aliphatic carbocycles. The van der Waals surface area contributed by atoms with Gasteiger partial charge in [-0.3, -0.25) is 14.5 Å². The van der Waals surface area contributed by atoms with Crippen LogP contribution in [-0.2, 0) is 4.79 Å². The third kappa shape index (κ3) is 3.07. The van der Waals surface area contributed by atoms with Crippen molar-refractivity contribution in [3.63, 3.8) is 0 Å². The predicted octanol–water partition coefficient (Wildman–Crippen LogP) is 0.226. The van der Waals surface area contributed by atoms with Gasteiger partial charge in [0.25, 0.3) is 0 Å². The average molecular weight is 247 g/mol. The first-order valence-electron chi connectivity index (χ1n) is 5.99. The summed E-state index contributed by atoms with van der Waals surface area (Å²) in [7, 11) is 0. The maximum atomic E-state index is 12.0. The van der Waals surface area contributed by atoms with Gasteiger partial charge in [0.05, 0.1) is 6.54 Å². The number of piperazine rings is 1. The fourth-order valence-corrected chi connectivity index (χ4v) is 2.03. The van der Waals surface area contributed by atoms with Crippen molar-refractivity contribution in [1.29, 1.82) is 0 Å². The maximum Gasteiger partial charge on any atom is 0.209 e. The van der Waals surface area contributed by atoms with E-state index in [1.54, 1.807) is 29.2 Å². The Hall–Kier alpha value is -1.88. The molecular weight excluding hydrogens is 230 g/mol. The van der Waals surface area contributed by atoms with E-state index in [-0.39, 0.29) is 5.78 Å². The molecule has 0 aromatic heterocycles. The van der Waals surface area contributed by atoms with Crippen LogP contribution < -0.4 is 5.73 Å². The van der Waals surface area contributed by atoms with Crippen molar-refractivity contribution in [2.24, 2.45) is 0 Å². The third-order valence-electron chi connectivity index (χ3n) is 3.13. The van der Waals surface area contributed by atoms with Gasteiger partial charge in [0.15, 0.2) is 5.78 Å². The molecule has 0 radical (unpaired) electrons. The number of hydrogen-bond donors (Lipinski definition) is 1. The molecule has 0 unspecified atom stereocenters. The van der Waals surface area contributed by atoms with E-state index in [4.69, 9.17) is 5.73 Å². The molecule has 0 saturated carbocycles. The second-order valence-electron chi connectivity index (χ2n) is 4.47. The van der Waals surface area contributed by atoms with Gasteiger partial charge in [0.1, 0.15) is 0 Å². The minimum atomic E-state index is 0.0712. The quantitative estimate of drug-likeness (QED) is 0.470. The van der Waals surface area contributed by atoms with Gasteiger partial charge < -0.3 is 10.6 Å². The van der Waals surface area contributed by atoms with Crippen molar-refractivity contribution < 1.29 is 9.59 Å². The van der Waals surface area contributed by atoms with E-state index in [2.05, 4.69) is 4.90 Å². The second-order valence-corrected chi connectivity index (χ2v) is 4.47. The minimum Gasteiger partial charge on any atom is -0.399 e. The number of anilines is 1. The van der Waals surface area contributed by atoms with Crippen LogP contribution in [0.2, 0.25) is 0 Å². The van der Waals surface area contributed by atoms with Crippen LogP contribution in [-0.4, -0.2) is 54.7 Å². The number of benzene rings is 1. The lowest BCUT2D eigenvalue weighted by Gasteiger charge is -2.31. The summed E-state index contributed by atoms with van der Waals surface area (Å²) in [6, 6.07) is 7.02. The van der Waals surface area contributed by atoms with Crippen LogP contribution in [0.3, 0.4) is 0 Å². The first-order chi connectivity index (χ1) is 8.69. The Kier molecular flexibility index (Phi) is 3.94. The molecule has 2 rings (SSSR count). The number of carbonyl (C=O) groups is 2. The van der Waals surface area contributed by atoms with E-state index in [0.29, 0.717) is 30.9 Å². The summed E-state index contributed by atoms with van der Waals surface area (Å²) in [6.45, 7) is 3.25. The lowest BCUT2D eigenvalue weighted by molar-refractivity contribution is -0.119. The summed E-state index contributed by atoms with van der Waals surface area (Å²) >= 11 is 0. The van der Waals surface area contributed by atoms with E-state index in [9.17, 15) is 9.59 Å². The van der Waals surface area contributed by atoms with Gasteiger partial charge in [-0.15, -0.1) is 0 Å². The molecule has 2 N–H and O–H groups in total. The first-order valence-corrected chi connectivity index (χ1v) is 5.99. The van der Waals surface area contributed by atoms with Crippen LogP contribution in [0.1, 0.15) is 10.4 Å². The maximum absolute atomic E-state index is 12.0. The number of rotatable bonds is 4. The lowest BCUT2D eigenvalue weighted by Crippen LogP contribution is -2.47. The molecule has 0 bridgehead atoms. The molecule has 1 aliphatic rings. The number of Topliss-reactive ketones (excluding diaryl/α,β-unsaturated/α-hetero) is 1. The van der Waals surface area contributed by atoms with Crippen molar-refractivity contribution in [3.8, 4) is 0 Å². The molecule has 1 aliphatic heterocycles. The van der Waals surface area contributed by atoms with Gasteiger partial charge in [-0.05, 0) is 12.1 Å². The Balaban J connectivity index is 1.90. The van der Waals surface area contributed by atoms with Gasteiger partial charge in [-0.2, -0.15) is 0 Å². The number of nitrogen functional groups attached to an aromatic ring is 1. The Bertz CT molecular complexity index is 440. The SMILES string of the molecule is Nc1cccc(C(=O)CN2CCN(C=O)CC2)c1. The van der Waals surface area contributed by atoms with E-state index >= 15 is 0 Å². The number of nitrogens with two attached hydrogens (primary N) is 1. The van der Waals surface area contributed by atoms with Crippen molar-refractivity contribution in [2.45, 2.75) is 0 Å². The van der Waals surface area contributed by atoms with Crippen LogP contribution in [0.5, 0.6) is 0 Å². The van der Waals surface area contributed by atoms with Crippen LogP contribution in [0.4, 0.5) is 5.69 Å². The Morgan fingerprint density at radius 3 is 2.61 bits per heavy atom. The van der Waals surface area contributed by atoms with E-state index in [0.717, 1.165) is 19.5 Å². The van der Waals surface area contributed by atoms with Gasteiger partial charge in [-0.1, -0.05) is 12.1 Å². The zero-order valence-electron chi connectivity index (χ0n) is 10.2. The molecule has 0 atom stereocenters. The highest BCUT2D eigenvalue weighted by Gasteiger charge is 2.18. The van der Waals surface area contributed by atoms with E-state index < -0.39 is 0 Å². The molecular formula is C13H17N3O2. The normalized spacial score (nSPS) is 16.6. The average Bonchev–Trinajstić information content (AvgIpc) is 2.39. The molecule has 18 heavy (non-hydrogen) atoms. The molecule has 1 fully saturated rings. The van der Waals surface area contributed by atoms with Gasteiger partial charge >= 0.3 is 0 Å². The third-order valence-corrected chi connectivity index (χ3v) is 3.13. The summed E-state index contributed by atoms with van der Waals surface area (Å²) in [4.78, 5) is 26.4. The number of ketones is 1. The highest BCUT2D eigenvalue weighted by molar-refractivity contribution is 5.98. The molecule has 5 heteroatoms. The Morgan fingerprint density at radius 1 is 1.28 bits per heavy atom. The van der Waals surface area contributed by atoms with E-state index in [1.807, 2.05) is 0 Å². The summed E-state index contributed by atoms with van der Waals surface area (Å²) < 4.78 is 0. The minimum absolute atomic E-state index is 0.0712. The number of nitrogens with zero attached hydrogens (tertiary/aromatic N) is 2. The molecule has 1 aromatic carbocycles. The molecule has 1 heterocycles. The first kappa shape index (κ1) is 12.6. The van der Waals surface area contributed by atoms with Gasteiger partial charge in [0, 0.05) is 37.4 Å². The molecule has 0 spiro atoms. The Morgan fingerprint density at radius 2 is 2.00 bits per heavy atom. The number of hydrogen-bond acceptors (Lipinski definition) is 4. The van der Waals surface area contributed by atoms with Crippen LogP contribution in [0.25, 0.3) is 0 Å². The highest BCUT2D eigenvalue weighted by atomic mass is 16.1. The summed E-state index contributed by atoms with van der Waals surface area (Å²) in [5, 5.41) is 0. The standard InChI is InChI=1S/C13H17N3O2/c14-12-3-1-2-11(8-12)13(18)9-15-4-6-16(10-17)7-5-15/h1-3,8,10H,4-7,9,14H2. The van der Waals surface area contributed by atoms with Crippen molar-refractivity contribution in [2.75, 3.05) is 38.5 Å². The number of amides is 1. The second kappa shape index (κ2) is 5.64. The summed E-state index contributed by atoms with van der Waals surface area (Å²) in [6.07, 6.45) is 0.858. The highest BCUT2D eigenvalue weighted by Crippen LogP contribution is 2.09. The molecule has 1 aromatic rings. The van der Waals surface area contributed by atoms with Crippen molar-refractivity contribution >= 4 is 17.9 Å². The Labute approximate surface area is 106 Å². The zero-order valence-corrected chi connectivity index (χ0v) is 10.2. The fourth-order valence-electron chi connectivity index (χ4n) is 2.03. The van der Waals surface area contributed by atoms with Crippen molar-refractivity contribution in [1.82, 2.24) is 9.80 Å². The monoisotopic (exact) mass is 247 g/mol. The van der Waals surface area contributed by atoms with Gasteiger partial charge in [-0.25, -0.2) is 0 Å². The molecule has 1 saturated heterocycles. The predicted molar refractivity (Wildman–Crippen MR) is 69.3 cm³/mol. The summed E-state index contributed by atoms with van der Waals surface area (Å²) in [5.41, 5.74) is 6.90. The molecule has 5 nitrogen and oxygen atoms in total.